The first kappa shape index (κ1) is 11.0. The number of hydrogen-bond acceptors (Lipinski definition) is 3. The van der Waals surface area contributed by atoms with Crippen LogP contribution in [0, 0.1) is 0 Å². The first-order valence-electron chi connectivity index (χ1n) is 4.92. The molecule has 0 unspecified atom stereocenters. The van der Waals surface area contributed by atoms with E-state index in [1.165, 1.54) is 0 Å². The van der Waals surface area contributed by atoms with Crippen LogP contribution in [0.4, 0.5) is 5.82 Å². The minimum atomic E-state index is 0.513. The van der Waals surface area contributed by atoms with Crippen molar-refractivity contribution in [1.29, 1.82) is 0 Å². The normalized spacial score (nSPS) is 10.3. The van der Waals surface area contributed by atoms with Crippen LogP contribution in [0.2, 0.25) is 0 Å². The fourth-order valence-electron chi connectivity index (χ4n) is 1.32. The zero-order valence-electron chi connectivity index (χ0n) is 8.61. The van der Waals surface area contributed by atoms with E-state index in [1.54, 1.807) is 0 Å². The third-order valence-electron chi connectivity index (χ3n) is 2.10. The molecule has 0 aliphatic heterocycles. The molecule has 5 heteroatoms. The van der Waals surface area contributed by atoms with Gasteiger partial charge in [-0.15, -0.1) is 0 Å². The number of nitrogens with zero attached hydrogens (tertiary/aromatic N) is 1. The highest BCUT2D eigenvalue weighted by atomic mass is 79.9. The molecule has 0 amide bonds. The Hall–Kier alpha value is -1.49. The van der Waals surface area contributed by atoms with E-state index < -0.39 is 0 Å². The lowest BCUT2D eigenvalue weighted by atomic mass is 10.3. The molecule has 4 nitrogen and oxygen atoms in total. The molecule has 0 bridgehead atoms. The number of ether oxygens (including phenoxy) is 1. The number of nitrogen functional groups attached to an aromatic ring is 1. The van der Waals surface area contributed by atoms with E-state index in [2.05, 4.69) is 26.1 Å². The molecule has 1 aromatic heterocycles. The highest BCUT2D eigenvalue weighted by Gasteiger charge is 1.98. The van der Waals surface area contributed by atoms with Gasteiger partial charge in [0.1, 0.15) is 11.6 Å². The number of hydrogen-bond donors (Lipinski definition) is 2. The standard InChI is InChI=1S/C11H12BrN3O/c12-8-1-3-10(4-2-8)16-6-5-9-7-11(13)15-14-9/h1-4,7H,5-6H2,(H3,13,14,15). The van der Waals surface area contributed by atoms with Crippen molar-refractivity contribution >= 4 is 21.7 Å². The molecule has 1 aromatic carbocycles. The van der Waals surface area contributed by atoms with Crippen molar-refractivity contribution in [2.24, 2.45) is 0 Å². The number of H-pyrrole nitrogens is 1. The summed E-state index contributed by atoms with van der Waals surface area (Å²) >= 11 is 3.37. The van der Waals surface area contributed by atoms with Crippen LogP contribution < -0.4 is 10.5 Å². The summed E-state index contributed by atoms with van der Waals surface area (Å²) in [4.78, 5) is 0. The van der Waals surface area contributed by atoms with Crippen LogP contribution >= 0.6 is 15.9 Å². The summed E-state index contributed by atoms with van der Waals surface area (Å²) in [5.74, 6) is 1.37. The molecular formula is C11H12BrN3O. The molecule has 0 spiro atoms. The third kappa shape index (κ3) is 3.00. The molecule has 2 rings (SSSR count). The number of aromatic nitrogens is 2. The fourth-order valence-corrected chi connectivity index (χ4v) is 1.58. The van der Waals surface area contributed by atoms with Gasteiger partial charge in [0.2, 0.25) is 0 Å². The Morgan fingerprint density at radius 1 is 1.31 bits per heavy atom. The maximum absolute atomic E-state index is 5.56. The molecule has 0 aliphatic carbocycles. The van der Waals surface area contributed by atoms with Crippen LogP contribution in [0.15, 0.2) is 34.8 Å². The quantitative estimate of drug-likeness (QED) is 0.904. The average Bonchev–Trinajstić information content (AvgIpc) is 2.67. The molecular weight excluding hydrogens is 270 g/mol. The summed E-state index contributed by atoms with van der Waals surface area (Å²) in [6.07, 6.45) is 0.764. The van der Waals surface area contributed by atoms with E-state index >= 15 is 0 Å². The van der Waals surface area contributed by atoms with Gasteiger partial charge < -0.3 is 10.5 Å². The van der Waals surface area contributed by atoms with Gasteiger partial charge >= 0.3 is 0 Å². The van der Waals surface area contributed by atoms with E-state index in [-0.39, 0.29) is 0 Å². The van der Waals surface area contributed by atoms with Crippen LogP contribution in [0.5, 0.6) is 5.75 Å². The van der Waals surface area contributed by atoms with E-state index in [4.69, 9.17) is 10.5 Å². The smallest absolute Gasteiger partial charge is 0.145 e. The summed E-state index contributed by atoms with van der Waals surface area (Å²) < 4.78 is 6.61. The SMILES string of the molecule is Nc1cc(CCOc2ccc(Br)cc2)[nH]n1. The summed E-state index contributed by atoms with van der Waals surface area (Å²) in [7, 11) is 0. The van der Waals surface area contributed by atoms with Gasteiger partial charge in [-0.25, -0.2) is 0 Å². The molecule has 1 heterocycles. The Bertz CT molecular complexity index is 453. The number of halogens is 1. The van der Waals surface area contributed by atoms with Gasteiger partial charge in [0.15, 0.2) is 0 Å². The van der Waals surface area contributed by atoms with Crippen LogP contribution in [-0.2, 0) is 6.42 Å². The number of anilines is 1. The third-order valence-corrected chi connectivity index (χ3v) is 2.63. The number of aromatic amines is 1. The number of benzene rings is 1. The van der Waals surface area contributed by atoms with Gasteiger partial charge in [0.05, 0.1) is 6.61 Å². The predicted molar refractivity (Wildman–Crippen MR) is 66.3 cm³/mol. The van der Waals surface area contributed by atoms with Gasteiger partial charge in [-0.1, -0.05) is 15.9 Å². The average molecular weight is 282 g/mol. The van der Waals surface area contributed by atoms with Crippen LogP contribution in [-0.4, -0.2) is 16.8 Å². The van der Waals surface area contributed by atoms with E-state index in [9.17, 15) is 0 Å². The Morgan fingerprint density at radius 2 is 2.06 bits per heavy atom. The highest BCUT2D eigenvalue weighted by Crippen LogP contribution is 2.16. The Labute approximate surface area is 102 Å². The Balaban J connectivity index is 1.82. The fraction of sp³-hybridized carbons (Fsp3) is 0.182. The van der Waals surface area contributed by atoms with Crippen LogP contribution in [0.3, 0.4) is 0 Å². The van der Waals surface area contributed by atoms with Crippen molar-refractivity contribution in [2.75, 3.05) is 12.3 Å². The lowest BCUT2D eigenvalue weighted by Crippen LogP contribution is -2.01. The first-order chi connectivity index (χ1) is 7.74. The van der Waals surface area contributed by atoms with Gasteiger partial charge in [-0.2, -0.15) is 5.10 Å². The molecule has 0 radical (unpaired) electrons. The van der Waals surface area contributed by atoms with Crippen LogP contribution in [0.25, 0.3) is 0 Å². The van der Waals surface area contributed by atoms with Gasteiger partial charge in [-0.3, -0.25) is 5.10 Å². The van der Waals surface area contributed by atoms with Crippen molar-refractivity contribution < 1.29 is 4.74 Å². The first-order valence-corrected chi connectivity index (χ1v) is 5.71. The summed E-state index contributed by atoms with van der Waals surface area (Å²) in [6.45, 7) is 0.600. The van der Waals surface area contributed by atoms with Gasteiger partial charge in [0.25, 0.3) is 0 Å². The maximum atomic E-state index is 5.56. The second kappa shape index (κ2) is 5.03. The molecule has 2 aromatic rings. The molecule has 3 N–H and O–H groups in total. The Kier molecular flexibility index (Phi) is 3.46. The summed E-state index contributed by atoms with van der Waals surface area (Å²) in [5.41, 5.74) is 6.47. The number of rotatable bonds is 4. The molecule has 0 aliphatic rings. The highest BCUT2D eigenvalue weighted by molar-refractivity contribution is 9.10. The van der Waals surface area contributed by atoms with Crippen molar-refractivity contribution in [3.8, 4) is 5.75 Å². The lowest BCUT2D eigenvalue weighted by Gasteiger charge is -2.04. The zero-order chi connectivity index (χ0) is 11.4. The lowest BCUT2D eigenvalue weighted by molar-refractivity contribution is 0.320. The Morgan fingerprint density at radius 3 is 2.69 bits per heavy atom. The minimum Gasteiger partial charge on any atom is -0.493 e. The second-order valence-corrected chi connectivity index (χ2v) is 4.29. The molecule has 0 atom stereocenters. The van der Waals surface area contributed by atoms with Crippen molar-refractivity contribution in [2.45, 2.75) is 6.42 Å². The van der Waals surface area contributed by atoms with Crippen LogP contribution in [0.1, 0.15) is 5.69 Å². The van der Waals surface area contributed by atoms with E-state index in [0.717, 1.165) is 22.3 Å². The second-order valence-electron chi connectivity index (χ2n) is 3.37. The largest absolute Gasteiger partial charge is 0.493 e. The molecule has 0 saturated heterocycles. The summed E-state index contributed by atoms with van der Waals surface area (Å²) in [5, 5.41) is 6.68. The zero-order valence-corrected chi connectivity index (χ0v) is 10.2. The van der Waals surface area contributed by atoms with Gasteiger partial charge in [0, 0.05) is 22.7 Å². The number of nitrogens with one attached hydrogen (secondary N) is 1. The molecule has 16 heavy (non-hydrogen) atoms. The topological polar surface area (TPSA) is 63.9 Å². The van der Waals surface area contributed by atoms with Crippen molar-refractivity contribution in [3.05, 3.63) is 40.5 Å². The van der Waals surface area contributed by atoms with Crippen molar-refractivity contribution in [3.63, 3.8) is 0 Å². The van der Waals surface area contributed by atoms with E-state index in [1.807, 2.05) is 30.3 Å². The maximum Gasteiger partial charge on any atom is 0.145 e. The molecule has 84 valence electrons. The monoisotopic (exact) mass is 281 g/mol. The molecule has 0 saturated carbocycles. The number of nitrogens with two attached hydrogens (primary N) is 1. The molecule has 0 fully saturated rings. The van der Waals surface area contributed by atoms with Gasteiger partial charge in [-0.05, 0) is 24.3 Å². The van der Waals surface area contributed by atoms with E-state index in [0.29, 0.717) is 12.4 Å². The van der Waals surface area contributed by atoms with Crippen molar-refractivity contribution in [1.82, 2.24) is 10.2 Å². The predicted octanol–water partition coefficient (Wildman–Crippen LogP) is 2.38. The summed E-state index contributed by atoms with van der Waals surface area (Å²) in [6, 6.07) is 9.55. The minimum absolute atomic E-state index is 0.513.